The highest BCUT2D eigenvalue weighted by atomic mass is 15.3. The highest BCUT2D eigenvalue weighted by Crippen LogP contribution is 2.28. The number of aliphatic imine (C=N–C) groups is 1. The fourth-order valence-corrected chi connectivity index (χ4v) is 2.67. The van der Waals surface area contributed by atoms with Gasteiger partial charge in [-0.15, -0.1) is 0 Å². The van der Waals surface area contributed by atoms with Crippen LogP contribution in [0.1, 0.15) is 26.2 Å². The number of hydrogen-bond acceptors (Lipinski definition) is 3. The molecule has 2 rings (SSSR count). The molecule has 0 amide bonds. The third kappa shape index (κ3) is 2.53. The molecule has 1 atom stereocenters. The van der Waals surface area contributed by atoms with Crippen LogP contribution < -0.4 is 5.32 Å². The van der Waals surface area contributed by atoms with Crippen molar-refractivity contribution in [2.24, 2.45) is 10.9 Å². The van der Waals surface area contributed by atoms with Crippen molar-refractivity contribution in [2.75, 3.05) is 26.7 Å². The molecule has 2 heterocycles. The smallest absolute Gasteiger partial charge is 0.129 e. The van der Waals surface area contributed by atoms with Crippen molar-refractivity contribution in [3.63, 3.8) is 0 Å². The van der Waals surface area contributed by atoms with Crippen molar-refractivity contribution in [1.29, 1.82) is 0 Å². The van der Waals surface area contributed by atoms with E-state index in [0.29, 0.717) is 0 Å². The Morgan fingerprint density at radius 1 is 1.44 bits per heavy atom. The Labute approximate surface area is 98.6 Å². The number of nitrogens with zero attached hydrogens (tertiary/aromatic N) is 2. The molecule has 0 spiro atoms. The quantitative estimate of drug-likeness (QED) is 0.782. The Bertz CT molecular complexity index is 263. The Morgan fingerprint density at radius 3 is 2.75 bits per heavy atom. The Balaban J connectivity index is 1.81. The first-order valence-corrected chi connectivity index (χ1v) is 6.37. The Hall–Kier alpha value is -0.670. The topological polar surface area (TPSA) is 27.6 Å². The van der Waals surface area contributed by atoms with Gasteiger partial charge in [-0.25, -0.2) is 0 Å². The van der Waals surface area contributed by atoms with E-state index in [-0.39, 0.29) is 5.66 Å². The standard InChI is InChI=1S/C13H23N3/c1-13(7-3-8-15-13)16-10-5-12(6-11-16)4-9-14-2/h3,7-8,12,14H,4-6,9-11H2,1-2H3. The summed E-state index contributed by atoms with van der Waals surface area (Å²) in [4.78, 5) is 7.06. The van der Waals surface area contributed by atoms with Gasteiger partial charge in [-0.3, -0.25) is 9.89 Å². The maximum atomic E-state index is 4.56. The van der Waals surface area contributed by atoms with Crippen LogP contribution in [0.3, 0.4) is 0 Å². The highest BCUT2D eigenvalue weighted by molar-refractivity contribution is 5.75. The average molecular weight is 221 g/mol. The first-order valence-electron chi connectivity index (χ1n) is 6.37. The molecule has 3 heteroatoms. The van der Waals surface area contributed by atoms with Crippen LogP contribution in [0.4, 0.5) is 0 Å². The fraction of sp³-hybridized carbons (Fsp3) is 0.769. The summed E-state index contributed by atoms with van der Waals surface area (Å²) in [6.45, 7) is 5.74. The van der Waals surface area contributed by atoms with Crippen molar-refractivity contribution in [2.45, 2.75) is 31.8 Å². The molecule has 0 aliphatic carbocycles. The molecule has 16 heavy (non-hydrogen) atoms. The number of nitrogens with one attached hydrogen (secondary N) is 1. The maximum Gasteiger partial charge on any atom is 0.129 e. The van der Waals surface area contributed by atoms with E-state index in [1.807, 2.05) is 13.3 Å². The molecule has 1 unspecified atom stereocenters. The lowest BCUT2D eigenvalue weighted by Gasteiger charge is -2.40. The summed E-state index contributed by atoms with van der Waals surface area (Å²) in [5.41, 5.74) is -0.0476. The van der Waals surface area contributed by atoms with Crippen molar-refractivity contribution >= 4 is 6.21 Å². The first kappa shape index (κ1) is 11.8. The van der Waals surface area contributed by atoms with E-state index < -0.39 is 0 Å². The number of likely N-dealkylation sites (tertiary alicyclic amines) is 1. The van der Waals surface area contributed by atoms with Crippen molar-refractivity contribution in [1.82, 2.24) is 10.2 Å². The third-order valence-electron chi connectivity index (χ3n) is 3.89. The zero-order valence-corrected chi connectivity index (χ0v) is 10.4. The third-order valence-corrected chi connectivity index (χ3v) is 3.89. The van der Waals surface area contributed by atoms with E-state index in [9.17, 15) is 0 Å². The van der Waals surface area contributed by atoms with Crippen LogP contribution in [0.2, 0.25) is 0 Å². The molecule has 2 aliphatic rings. The second kappa shape index (κ2) is 5.11. The van der Waals surface area contributed by atoms with Gasteiger partial charge in [0.15, 0.2) is 0 Å². The summed E-state index contributed by atoms with van der Waals surface area (Å²) < 4.78 is 0. The second-order valence-corrected chi connectivity index (χ2v) is 5.05. The van der Waals surface area contributed by atoms with Crippen LogP contribution in [0, 0.1) is 5.92 Å². The SMILES string of the molecule is CNCCC1CCN(C2(C)C=CC=N2)CC1. The molecule has 90 valence electrons. The van der Waals surface area contributed by atoms with Crippen LogP contribution >= 0.6 is 0 Å². The second-order valence-electron chi connectivity index (χ2n) is 5.05. The molecular formula is C13H23N3. The van der Waals surface area contributed by atoms with E-state index >= 15 is 0 Å². The summed E-state index contributed by atoms with van der Waals surface area (Å²) in [5.74, 6) is 0.904. The van der Waals surface area contributed by atoms with E-state index in [4.69, 9.17) is 0 Å². The largest absolute Gasteiger partial charge is 0.320 e. The van der Waals surface area contributed by atoms with Crippen molar-refractivity contribution in [3.8, 4) is 0 Å². The van der Waals surface area contributed by atoms with Crippen LogP contribution in [0.25, 0.3) is 0 Å². The highest BCUT2D eigenvalue weighted by Gasteiger charge is 2.32. The molecule has 0 saturated carbocycles. The van der Waals surface area contributed by atoms with Gasteiger partial charge in [0.25, 0.3) is 0 Å². The minimum absolute atomic E-state index is 0.0476. The lowest BCUT2D eigenvalue weighted by atomic mass is 9.92. The van der Waals surface area contributed by atoms with Gasteiger partial charge in [-0.2, -0.15) is 0 Å². The van der Waals surface area contributed by atoms with E-state index in [1.54, 1.807) is 0 Å². The zero-order valence-electron chi connectivity index (χ0n) is 10.4. The van der Waals surface area contributed by atoms with Crippen molar-refractivity contribution in [3.05, 3.63) is 12.2 Å². The molecule has 0 aromatic rings. The molecule has 0 aromatic heterocycles. The predicted octanol–water partition coefficient (Wildman–Crippen LogP) is 1.66. The minimum Gasteiger partial charge on any atom is -0.320 e. The van der Waals surface area contributed by atoms with Gasteiger partial charge in [0.05, 0.1) is 0 Å². The predicted molar refractivity (Wildman–Crippen MR) is 68.9 cm³/mol. The molecular weight excluding hydrogens is 198 g/mol. The van der Waals surface area contributed by atoms with Gasteiger partial charge in [-0.1, -0.05) is 0 Å². The molecule has 3 nitrogen and oxygen atoms in total. The monoisotopic (exact) mass is 221 g/mol. The van der Waals surface area contributed by atoms with E-state index in [2.05, 4.69) is 34.3 Å². The molecule has 2 aliphatic heterocycles. The lowest BCUT2D eigenvalue weighted by Crippen LogP contribution is -2.47. The van der Waals surface area contributed by atoms with Crippen LogP contribution in [-0.2, 0) is 0 Å². The first-order chi connectivity index (χ1) is 7.74. The molecule has 0 radical (unpaired) electrons. The van der Waals surface area contributed by atoms with Gasteiger partial charge < -0.3 is 5.32 Å². The van der Waals surface area contributed by atoms with Crippen molar-refractivity contribution < 1.29 is 0 Å². The summed E-state index contributed by atoms with van der Waals surface area (Å²) in [6, 6.07) is 0. The van der Waals surface area contributed by atoms with Gasteiger partial charge in [-0.05, 0) is 57.8 Å². The van der Waals surface area contributed by atoms with Crippen LogP contribution in [0.15, 0.2) is 17.1 Å². The number of rotatable bonds is 4. The van der Waals surface area contributed by atoms with Crippen LogP contribution in [0.5, 0.6) is 0 Å². The summed E-state index contributed by atoms with van der Waals surface area (Å²) in [5, 5.41) is 3.24. The molecule has 1 fully saturated rings. The minimum atomic E-state index is -0.0476. The van der Waals surface area contributed by atoms with Gasteiger partial charge in [0.1, 0.15) is 5.66 Å². The summed E-state index contributed by atoms with van der Waals surface area (Å²) in [7, 11) is 2.04. The van der Waals surface area contributed by atoms with Gasteiger partial charge >= 0.3 is 0 Å². The number of allylic oxidation sites excluding steroid dienone is 1. The molecule has 1 saturated heterocycles. The summed E-state index contributed by atoms with van der Waals surface area (Å²) in [6.07, 6.45) is 10.2. The molecule has 1 N–H and O–H groups in total. The van der Waals surface area contributed by atoms with Crippen LogP contribution in [-0.4, -0.2) is 43.5 Å². The number of hydrogen-bond donors (Lipinski definition) is 1. The zero-order chi connectivity index (χ0) is 11.4. The Kier molecular flexibility index (Phi) is 3.77. The average Bonchev–Trinajstić information content (AvgIpc) is 2.75. The Morgan fingerprint density at radius 2 is 2.19 bits per heavy atom. The molecule has 0 aromatic carbocycles. The van der Waals surface area contributed by atoms with E-state index in [1.165, 1.54) is 32.4 Å². The molecule has 0 bridgehead atoms. The maximum absolute atomic E-state index is 4.56. The lowest BCUT2D eigenvalue weighted by molar-refractivity contribution is 0.0996. The normalized spacial score (nSPS) is 31.4. The number of piperidine rings is 1. The summed E-state index contributed by atoms with van der Waals surface area (Å²) >= 11 is 0. The van der Waals surface area contributed by atoms with Gasteiger partial charge in [0, 0.05) is 19.3 Å². The fourth-order valence-electron chi connectivity index (χ4n) is 2.67. The van der Waals surface area contributed by atoms with E-state index in [0.717, 1.165) is 12.5 Å². The van der Waals surface area contributed by atoms with Gasteiger partial charge in [0.2, 0.25) is 0 Å².